The smallest absolute Gasteiger partial charge is 0.319 e. The summed E-state index contributed by atoms with van der Waals surface area (Å²) in [5.41, 5.74) is -0.997. The van der Waals surface area contributed by atoms with Crippen LogP contribution in [0.2, 0.25) is 0 Å². The fourth-order valence-corrected chi connectivity index (χ4v) is 10.2. The molecule has 2 aromatic heterocycles. The molecule has 1 saturated carbocycles. The normalized spacial score (nSPS) is 26.7. The van der Waals surface area contributed by atoms with E-state index in [1.54, 1.807) is 11.9 Å². The van der Waals surface area contributed by atoms with E-state index in [1.807, 2.05) is 11.8 Å². The van der Waals surface area contributed by atoms with Gasteiger partial charge in [-0.3, -0.25) is 19.6 Å². The Hall–Kier alpha value is -4.97. The van der Waals surface area contributed by atoms with Crippen LogP contribution in [0.4, 0.5) is 19.0 Å². The molecule has 0 spiro atoms. The number of nitrogens with zero attached hydrogens (tertiary/aromatic N) is 7. The number of carbonyl (C=O) groups is 1. The van der Waals surface area contributed by atoms with Gasteiger partial charge >= 0.3 is 6.01 Å². The third-order valence-corrected chi connectivity index (χ3v) is 13.0. The number of hydrogen-bond donors (Lipinski definition) is 1. The van der Waals surface area contributed by atoms with Crippen molar-refractivity contribution < 1.29 is 32.5 Å². The van der Waals surface area contributed by atoms with Crippen LogP contribution in [0.25, 0.3) is 32.9 Å². The van der Waals surface area contributed by atoms with Crippen molar-refractivity contribution in [2.45, 2.75) is 94.7 Å². The van der Waals surface area contributed by atoms with Crippen LogP contribution in [0.3, 0.4) is 0 Å². The Bertz CT molecular complexity index is 2300. The first kappa shape index (κ1) is 40.8. The number of ether oxygens (including phenoxy) is 2. The fourth-order valence-electron chi connectivity index (χ4n) is 10.2. The van der Waals surface area contributed by atoms with E-state index >= 15 is 13.2 Å². The highest BCUT2D eigenvalue weighted by atomic mass is 19.1. The van der Waals surface area contributed by atoms with Gasteiger partial charge < -0.3 is 24.4 Å². The molecule has 4 atom stereocenters. The zero-order chi connectivity index (χ0) is 41.6. The number of terminal acetylenes is 1. The van der Waals surface area contributed by atoms with Crippen molar-refractivity contribution in [1.29, 1.82) is 0 Å². The largest absolute Gasteiger partial charge is 0.508 e. The number of phenols is 1. The highest BCUT2D eigenvalue weighted by molar-refractivity contribution is 6.03. The number of rotatable bonds is 10. The van der Waals surface area contributed by atoms with Crippen LogP contribution < -0.4 is 9.64 Å². The number of carbonyl (C=O) groups excluding carboxylic acids is 1. The van der Waals surface area contributed by atoms with Gasteiger partial charge in [0.1, 0.15) is 41.4 Å². The Morgan fingerprint density at radius 1 is 1.17 bits per heavy atom. The number of phenolic OH excluding ortho intramolecular Hbond substituents is 1. The summed E-state index contributed by atoms with van der Waals surface area (Å²) >= 11 is 0. The van der Waals surface area contributed by atoms with Crippen molar-refractivity contribution in [3.8, 4) is 35.4 Å². The van der Waals surface area contributed by atoms with Gasteiger partial charge in [0.15, 0.2) is 5.82 Å². The molecule has 4 fully saturated rings. The molecule has 1 aliphatic carbocycles. The standard InChI is InChI=1S/C45H52F3N7O4/c1-6-34-37(47)15-10-28-19-33(56)20-35(39(28)34)41-40(48)42-36(22-49-41)43(52(5)24-32-9-8-16-54(32)38(57)7-2)51-44(50-42)59-26-45(4)21-29(46)23-55(45)31-13-11-30(12-14-31)53-17-18-58-25-27(53)3/h1,7,10,15,19-20,22,27,29-32,56H,2,8-9,11-14,16-18,21,23-26H2,3-5H3/t27-,29+,30?,31?,32-,45-/m0/s1. The van der Waals surface area contributed by atoms with Gasteiger partial charge in [0.2, 0.25) is 5.91 Å². The number of anilines is 1. The molecule has 8 rings (SSSR count). The molecule has 1 amide bonds. The third kappa shape index (κ3) is 7.80. The van der Waals surface area contributed by atoms with Crippen LogP contribution in [0.1, 0.15) is 64.4 Å². The molecule has 0 unspecified atom stereocenters. The number of hydrogen-bond acceptors (Lipinski definition) is 10. The zero-order valence-corrected chi connectivity index (χ0v) is 34.0. The summed E-state index contributed by atoms with van der Waals surface area (Å²) in [7, 11) is 1.80. The monoisotopic (exact) mass is 811 g/mol. The summed E-state index contributed by atoms with van der Waals surface area (Å²) in [5, 5.41) is 11.6. The highest BCUT2D eigenvalue weighted by Gasteiger charge is 2.47. The molecule has 312 valence electrons. The van der Waals surface area contributed by atoms with Crippen LogP contribution in [0.15, 0.2) is 43.1 Å². The summed E-state index contributed by atoms with van der Waals surface area (Å²) < 4.78 is 59.7. The first-order valence-electron chi connectivity index (χ1n) is 20.7. The average Bonchev–Trinajstić information content (AvgIpc) is 3.82. The van der Waals surface area contributed by atoms with Gasteiger partial charge in [-0.1, -0.05) is 18.6 Å². The molecule has 1 N–H and O–H groups in total. The van der Waals surface area contributed by atoms with Crippen LogP contribution in [0.5, 0.6) is 11.8 Å². The van der Waals surface area contributed by atoms with Gasteiger partial charge in [-0.25, -0.2) is 13.2 Å². The van der Waals surface area contributed by atoms with Gasteiger partial charge in [-0.15, -0.1) is 6.42 Å². The van der Waals surface area contributed by atoms with Crippen molar-refractivity contribution >= 4 is 33.4 Å². The maximum atomic E-state index is 17.2. The molecular formula is C45H52F3N7O4. The summed E-state index contributed by atoms with van der Waals surface area (Å²) in [5.74, 6) is 0.825. The molecular weight excluding hydrogens is 760 g/mol. The third-order valence-electron chi connectivity index (χ3n) is 13.0. The van der Waals surface area contributed by atoms with E-state index < -0.39 is 23.3 Å². The molecule has 0 radical (unpaired) electrons. The summed E-state index contributed by atoms with van der Waals surface area (Å²) in [6.07, 6.45) is 13.3. The molecule has 14 heteroatoms. The lowest BCUT2D eigenvalue weighted by Crippen LogP contribution is -2.55. The molecule has 11 nitrogen and oxygen atoms in total. The quantitative estimate of drug-likeness (QED) is 0.139. The summed E-state index contributed by atoms with van der Waals surface area (Å²) in [4.78, 5) is 35.1. The van der Waals surface area contributed by atoms with Gasteiger partial charge in [0, 0.05) is 81.0 Å². The molecule has 4 aliphatic rings. The number of pyridine rings is 1. The topological polar surface area (TPSA) is 107 Å². The molecule has 3 aliphatic heterocycles. The van der Waals surface area contributed by atoms with Crippen LogP contribution in [-0.2, 0) is 9.53 Å². The van der Waals surface area contributed by atoms with Crippen LogP contribution >= 0.6 is 0 Å². The minimum Gasteiger partial charge on any atom is -0.508 e. The van der Waals surface area contributed by atoms with E-state index in [2.05, 4.69) is 39.2 Å². The van der Waals surface area contributed by atoms with Crippen LogP contribution in [0, 0.1) is 24.0 Å². The van der Waals surface area contributed by atoms with E-state index in [0.717, 1.165) is 58.3 Å². The lowest BCUT2D eigenvalue weighted by molar-refractivity contribution is -0.126. The Labute approximate surface area is 343 Å². The number of morpholine rings is 1. The number of amides is 1. The number of likely N-dealkylation sites (N-methyl/N-ethyl adjacent to an activating group) is 1. The van der Waals surface area contributed by atoms with Crippen LogP contribution in [-0.4, -0.2) is 130 Å². The highest BCUT2D eigenvalue weighted by Crippen LogP contribution is 2.41. The number of aromatic hydroxyl groups is 1. The van der Waals surface area contributed by atoms with Crippen molar-refractivity contribution in [3.63, 3.8) is 0 Å². The van der Waals surface area contributed by atoms with E-state index in [9.17, 15) is 9.90 Å². The summed E-state index contributed by atoms with van der Waals surface area (Å²) in [6, 6.07) is 6.17. The maximum Gasteiger partial charge on any atom is 0.319 e. The lowest BCUT2D eigenvalue weighted by Gasteiger charge is -2.46. The predicted molar refractivity (Wildman–Crippen MR) is 221 cm³/mol. The first-order valence-corrected chi connectivity index (χ1v) is 20.7. The Morgan fingerprint density at radius 2 is 1.95 bits per heavy atom. The van der Waals surface area contributed by atoms with Crippen molar-refractivity contribution in [2.75, 3.05) is 57.9 Å². The van der Waals surface area contributed by atoms with Gasteiger partial charge in [-0.05, 0) is 82.0 Å². The summed E-state index contributed by atoms with van der Waals surface area (Å²) in [6.45, 7) is 11.7. The number of fused-ring (bicyclic) bond motifs is 2. The number of benzene rings is 2. The minimum absolute atomic E-state index is 0.0638. The van der Waals surface area contributed by atoms with E-state index in [1.165, 1.54) is 36.5 Å². The van der Waals surface area contributed by atoms with Crippen molar-refractivity contribution in [2.24, 2.45) is 0 Å². The number of aromatic nitrogens is 3. The van der Waals surface area contributed by atoms with Gasteiger partial charge in [0.05, 0.1) is 29.7 Å². The maximum absolute atomic E-state index is 17.2. The minimum atomic E-state index is -1.03. The van der Waals surface area contributed by atoms with E-state index in [4.69, 9.17) is 20.9 Å². The molecule has 0 bridgehead atoms. The Kier molecular flexibility index (Phi) is 11.5. The predicted octanol–water partition coefficient (Wildman–Crippen LogP) is 6.64. The van der Waals surface area contributed by atoms with E-state index in [-0.39, 0.29) is 75.9 Å². The number of halogens is 3. The first-order chi connectivity index (χ1) is 28.4. The molecule has 4 aromatic rings. The lowest BCUT2D eigenvalue weighted by atomic mass is 9.86. The molecule has 3 saturated heterocycles. The second-order valence-corrected chi connectivity index (χ2v) is 16.9. The number of likely N-dealkylation sites (tertiary alicyclic amines) is 2. The molecule has 59 heavy (non-hydrogen) atoms. The van der Waals surface area contributed by atoms with Crippen molar-refractivity contribution in [1.82, 2.24) is 29.7 Å². The average molecular weight is 812 g/mol. The van der Waals surface area contributed by atoms with Gasteiger partial charge in [0.25, 0.3) is 0 Å². The number of alkyl halides is 1. The van der Waals surface area contributed by atoms with E-state index in [0.29, 0.717) is 42.9 Å². The second-order valence-electron chi connectivity index (χ2n) is 16.9. The molecule has 2 aromatic carbocycles. The second kappa shape index (κ2) is 16.6. The SMILES string of the molecule is C#Cc1c(F)ccc2cc(O)cc(-c3ncc4c(N(C)C[C@@H]5CCCN5C(=O)C=C)nc(OC[C@]5(C)C[C@@H](F)CN5C5CCC(N6CCOC[C@@H]6C)CC5)nc4c3F)c12. The Balaban J connectivity index is 1.14. The van der Waals surface area contributed by atoms with Gasteiger partial charge in [-0.2, -0.15) is 9.97 Å². The Morgan fingerprint density at radius 3 is 2.69 bits per heavy atom. The van der Waals surface area contributed by atoms with Crippen molar-refractivity contribution in [3.05, 3.63) is 60.3 Å². The zero-order valence-electron chi connectivity index (χ0n) is 34.0. The molecule has 5 heterocycles. The fraction of sp³-hybridized carbons (Fsp3) is 0.511.